The predicted octanol–water partition coefficient (Wildman–Crippen LogP) is 4.86. The van der Waals surface area contributed by atoms with Gasteiger partial charge in [0.2, 0.25) is 5.95 Å². The van der Waals surface area contributed by atoms with Gasteiger partial charge >= 0.3 is 18.2 Å². The molecule has 0 unspecified atom stereocenters. The average Bonchev–Trinajstić information content (AvgIpc) is 3.11. The second-order valence-electron chi connectivity index (χ2n) is 8.22. The van der Waals surface area contributed by atoms with E-state index in [9.17, 15) is 22.8 Å². The normalized spacial score (nSPS) is 16.8. The number of nitrogens with one attached hydrogen (secondary N) is 1. The van der Waals surface area contributed by atoms with Crippen LogP contribution >= 0.6 is 0 Å². The van der Waals surface area contributed by atoms with E-state index in [4.69, 9.17) is 4.74 Å². The van der Waals surface area contributed by atoms with Gasteiger partial charge < -0.3 is 9.64 Å². The summed E-state index contributed by atoms with van der Waals surface area (Å²) in [6.45, 7) is 0.742. The van der Waals surface area contributed by atoms with Crippen LogP contribution in [0.3, 0.4) is 0 Å². The molecule has 3 aromatic rings. The predicted molar refractivity (Wildman–Crippen MR) is 116 cm³/mol. The standard InChI is InChI=1S/C24H19F3N4O3/c25-24(26,27)17-5-3-4-15(12-17)16-13-28-21(29-14-16)30-22(33)31-10-8-23(9-11-31)19-7-2-1-6-18(19)20(32)34-23/h1-7,12-14H,8-11H2,(H,28,29,30,33). The van der Waals surface area contributed by atoms with Crippen LogP contribution in [0.1, 0.15) is 34.3 Å². The maximum absolute atomic E-state index is 12.9. The number of piperidine rings is 1. The molecule has 5 rings (SSSR count). The minimum absolute atomic E-state index is 0.0404. The van der Waals surface area contributed by atoms with Gasteiger partial charge in [0.1, 0.15) is 5.60 Å². The van der Waals surface area contributed by atoms with Gasteiger partial charge in [-0.25, -0.2) is 19.6 Å². The molecule has 10 heteroatoms. The van der Waals surface area contributed by atoms with Crippen molar-refractivity contribution in [2.45, 2.75) is 24.6 Å². The lowest BCUT2D eigenvalue weighted by Gasteiger charge is -2.38. The van der Waals surface area contributed by atoms with E-state index in [2.05, 4.69) is 15.3 Å². The van der Waals surface area contributed by atoms with Crippen LogP contribution in [0.5, 0.6) is 0 Å². The van der Waals surface area contributed by atoms with E-state index in [1.807, 2.05) is 12.1 Å². The third kappa shape index (κ3) is 3.95. The Morgan fingerprint density at radius 2 is 1.71 bits per heavy atom. The van der Waals surface area contributed by atoms with Crippen LogP contribution in [-0.2, 0) is 16.5 Å². The minimum Gasteiger partial charge on any atom is -0.450 e. The molecule has 2 aliphatic rings. The number of rotatable bonds is 2. The fourth-order valence-electron chi connectivity index (χ4n) is 4.38. The van der Waals surface area contributed by atoms with E-state index in [0.717, 1.165) is 17.7 Å². The van der Waals surface area contributed by atoms with Crippen molar-refractivity contribution < 1.29 is 27.5 Å². The van der Waals surface area contributed by atoms with Crippen molar-refractivity contribution in [2.75, 3.05) is 18.4 Å². The molecular formula is C24H19F3N4O3. The first-order valence-corrected chi connectivity index (χ1v) is 10.6. The molecule has 2 aromatic carbocycles. The monoisotopic (exact) mass is 468 g/mol. The van der Waals surface area contributed by atoms with Crippen molar-refractivity contribution in [3.05, 3.63) is 77.6 Å². The summed E-state index contributed by atoms with van der Waals surface area (Å²) in [4.78, 5) is 34.6. The van der Waals surface area contributed by atoms with E-state index < -0.39 is 23.4 Å². The van der Waals surface area contributed by atoms with Crippen molar-refractivity contribution in [3.8, 4) is 11.1 Å². The van der Waals surface area contributed by atoms with Gasteiger partial charge in [0.05, 0.1) is 11.1 Å². The lowest BCUT2D eigenvalue weighted by Crippen LogP contribution is -2.47. The van der Waals surface area contributed by atoms with Gasteiger partial charge in [-0.1, -0.05) is 30.3 Å². The first-order valence-electron chi connectivity index (χ1n) is 10.6. The minimum atomic E-state index is -4.45. The highest BCUT2D eigenvalue weighted by Gasteiger charge is 2.47. The molecule has 2 aliphatic heterocycles. The van der Waals surface area contributed by atoms with Crippen LogP contribution in [0, 0.1) is 0 Å². The molecule has 0 atom stereocenters. The van der Waals surface area contributed by atoms with Crippen LogP contribution in [0.15, 0.2) is 60.9 Å². The number of urea groups is 1. The number of anilines is 1. The Bertz CT molecular complexity index is 1250. The molecule has 0 bridgehead atoms. The van der Waals surface area contributed by atoms with Crippen LogP contribution < -0.4 is 5.32 Å². The topological polar surface area (TPSA) is 84.4 Å². The highest BCUT2D eigenvalue weighted by atomic mass is 19.4. The second-order valence-corrected chi connectivity index (χ2v) is 8.22. The van der Waals surface area contributed by atoms with Crippen molar-refractivity contribution >= 4 is 17.9 Å². The fraction of sp³-hybridized carbons (Fsp3) is 0.250. The van der Waals surface area contributed by atoms with Crippen molar-refractivity contribution in [3.63, 3.8) is 0 Å². The van der Waals surface area contributed by atoms with Crippen LogP contribution in [0.2, 0.25) is 0 Å². The molecule has 0 aliphatic carbocycles. The Hall–Kier alpha value is -3.95. The largest absolute Gasteiger partial charge is 0.450 e. The summed E-state index contributed by atoms with van der Waals surface area (Å²) in [5, 5.41) is 2.61. The molecule has 174 valence electrons. The van der Waals surface area contributed by atoms with Crippen molar-refractivity contribution in [2.24, 2.45) is 0 Å². The quantitative estimate of drug-likeness (QED) is 0.544. The number of likely N-dealkylation sites (tertiary alicyclic amines) is 1. The Morgan fingerprint density at radius 3 is 2.41 bits per heavy atom. The van der Waals surface area contributed by atoms with Gasteiger partial charge in [0.15, 0.2) is 0 Å². The number of aromatic nitrogens is 2. The Labute approximate surface area is 192 Å². The Morgan fingerprint density at radius 1 is 1.00 bits per heavy atom. The SMILES string of the molecule is O=C1OC2(CCN(C(=O)Nc3ncc(-c4cccc(C(F)(F)F)c4)cn3)CC2)c2ccccc21. The Kier molecular flexibility index (Phi) is 5.22. The lowest BCUT2D eigenvalue weighted by atomic mass is 9.84. The third-order valence-corrected chi connectivity index (χ3v) is 6.18. The maximum Gasteiger partial charge on any atom is 0.416 e. The fourth-order valence-corrected chi connectivity index (χ4v) is 4.38. The zero-order valence-corrected chi connectivity index (χ0v) is 17.8. The number of nitrogens with zero attached hydrogens (tertiary/aromatic N) is 3. The number of hydrogen-bond acceptors (Lipinski definition) is 5. The number of halogens is 3. The molecule has 1 aromatic heterocycles. The van der Waals surface area contributed by atoms with Crippen molar-refractivity contribution in [1.29, 1.82) is 0 Å². The molecule has 1 saturated heterocycles. The van der Waals surface area contributed by atoms with E-state index in [-0.39, 0.29) is 11.9 Å². The number of ether oxygens (including phenoxy) is 1. The first kappa shape index (κ1) is 21.9. The molecule has 3 heterocycles. The number of carbonyl (C=O) groups excluding carboxylic acids is 2. The number of fused-ring (bicyclic) bond motifs is 2. The van der Waals surface area contributed by atoms with Gasteiger partial charge in [-0.3, -0.25) is 5.32 Å². The summed E-state index contributed by atoms with van der Waals surface area (Å²) in [6, 6.07) is 11.7. The number of esters is 1. The van der Waals surface area contributed by atoms with E-state index in [1.165, 1.54) is 24.5 Å². The number of hydrogen-bond donors (Lipinski definition) is 1. The van der Waals surface area contributed by atoms with E-state index in [1.54, 1.807) is 17.0 Å². The second kappa shape index (κ2) is 8.12. The molecular weight excluding hydrogens is 449 g/mol. The van der Waals surface area contributed by atoms with Gasteiger partial charge in [-0.05, 0) is 23.8 Å². The maximum atomic E-state index is 12.9. The molecule has 0 radical (unpaired) electrons. The van der Waals surface area contributed by atoms with Crippen LogP contribution in [0.4, 0.5) is 23.9 Å². The smallest absolute Gasteiger partial charge is 0.416 e. The third-order valence-electron chi connectivity index (χ3n) is 6.18. The van der Waals surface area contributed by atoms with Crippen LogP contribution in [0.25, 0.3) is 11.1 Å². The summed E-state index contributed by atoms with van der Waals surface area (Å²) >= 11 is 0. The first-order chi connectivity index (χ1) is 16.2. The molecule has 1 spiro atoms. The number of alkyl halides is 3. The summed E-state index contributed by atoms with van der Waals surface area (Å²) < 4.78 is 44.5. The number of carbonyl (C=O) groups is 2. The zero-order chi connectivity index (χ0) is 23.9. The molecule has 34 heavy (non-hydrogen) atoms. The molecule has 2 amide bonds. The van der Waals surface area contributed by atoms with Gasteiger partial charge in [0, 0.05) is 49.5 Å². The van der Waals surface area contributed by atoms with E-state index >= 15 is 0 Å². The molecule has 7 nitrogen and oxygen atoms in total. The van der Waals surface area contributed by atoms with Gasteiger partial charge in [-0.15, -0.1) is 0 Å². The number of amides is 2. The molecule has 0 saturated carbocycles. The van der Waals surface area contributed by atoms with Gasteiger partial charge in [-0.2, -0.15) is 13.2 Å². The summed E-state index contributed by atoms with van der Waals surface area (Å²) in [6.07, 6.45) is -0.788. The van der Waals surface area contributed by atoms with Gasteiger partial charge in [0.25, 0.3) is 0 Å². The lowest BCUT2D eigenvalue weighted by molar-refractivity contribution is -0.137. The summed E-state index contributed by atoms with van der Waals surface area (Å²) in [7, 11) is 0. The number of benzene rings is 2. The summed E-state index contributed by atoms with van der Waals surface area (Å²) in [5.74, 6) is -0.304. The van der Waals surface area contributed by atoms with Crippen LogP contribution in [-0.4, -0.2) is 40.0 Å². The summed E-state index contributed by atoms with van der Waals surface area (Å²) in [5.41, 5.74) is 0.656. The average molecular weight is 468 g/mol. The molecule has 1 N–H and O–H groups in total. The van der Waals surface area contributed by atoms with Crippen molar-refractivity contribution in [1.82, 2.24) is 14.9 Å². The molecule has 1 fully saturated rings. The van der Waals surface area contributed by atoms with E-state index in [0.29, 0.717) is 42.6 Å². The Balaban J connectivity index is 1.23. The zero-order valence-electron chi connectivity index (χ0n) is 17.8. The highest BCUT2D eigenvalue weighted by molar-refractivity contribution is 5.95. The highest BCUT2D eigenvalue weighted by Crippen LogP contribution is 2.44.